The first-order valence-corrected chi connectivity index (χ1v) is 10.0. The lowest BCUT2D eigenvalue weighted by Crippen LogP contribution is -2.49. The molecule has 2 heterocycles. The lowest BCUT2D eigenvalue weighted by atomic mass is 10.1. The van der Waals surface area contributed by atoms with Crippen molar-refractivity contribution in [1.29, 1.82) is 0 Å². The highest BCUT2D eigenvalue weighted by atomic mass is 16.2. The number of anilines is 1. The zero-order valence-electron chi connectivity index (χ0n) is 17.2. The SMILES string of the molecule is CC(=O)c1ccc(N2CCN(C(=O)Cc3nn(C)c(=O)c4ccccc34)CC2)cc1. The van der Waals surface area contributed by atoms with Crippen LogP contribution in [0.5, 0.6) is 0 Å². The van der Waals surface area contributed by atoms with Gasteiger partial charge in [0.25, 0.3) is 5.56 Å². The summed E-state index contributed by atoms with van der Waals surface area (Å²) >= 11 is 0. The number of ketones is 1. The second-order valence-corrected chi connectivity index (χ2v) is 7.57. The maximum atomic E-state index is 12.9. The van der Waals surface area contributed by atoms with Crippen LogP contribution >= 0.6 is 0 Å². The fraction of sp³-hybridized carbons (Fsp3) is 0.304. The lowest BCUT2D eigenvalue weighted by Gasteiger charge is -2.36. The van der Waals surface area contributed by atoms with Crippen LogP contribution in [-0.4, -0.2) is 52.5 Å². The van der Waals surface area contributed by atoms with Crippen LogP contribution in [-0.2, 0) is 18.3 Å². The van der Waals surface area contributed by atoms with Gasteiger partial charge in [-0.05, 0) is 37.3 Å². The van der Waals surface area contributed by atoms with E-state index in [0.29, 0.717) is 29.7 Å². The number of Topliss-reactive ketones (excluding diaryl/α,β-unsaturated/α-hetero) is 1. The number of rotatable bonds is 4. The third-order valence-electron chi connectivity index (χ3n) is 5.62. The van der Waals surface area contributed by atoms with Crippen LogP contribution in [0.25, 0.3) is 10.8 Å². The molecule has 0 atom stereocenters. The van der Waals surface area contributed by atoms with Crippen LogP contribution in [0.3, 0.4) is 0 Å². The molecule has 0 aliphatic carbocycles. The summed E-state index contributed by atoms with van der Waals surface area (Å²) in [5.74, 6) is 0.0643. The summed E-state index contributed by atoms with van der Waals surface area (Å²) in [5.41, 5.74) is 2.22. The van der Waals surface area contributed by atoms with Crippen molar-refractivity contribution in [1.82, 2.24) is 14.7 Å². The molecule has 7 nitrogen and oxygen atoms in total. The van der Waals surface area contributed by atoms with Crippen LogP contribution in [0, 0.1) is 0 Å². The number of amides is 1. The average Bonchev–Trinajstić information content (AvgIpc) is 2.77. The van der Waals surface area contributed by atoms with E-state index in [0.717, 1.165) is 24.2 Å². The standard InChI is InChI=1S/C23H24N4O3/c1-16(28)17-7-9-18(10-8-17)26-11-13-27(14-12-26)22(29)15-21-19-5-3-4-6-20(19)23(30)25(2)24-21/h3-10H,11-15H2,1-2H3. The van der Waals surface area contributed by atoms with Gasteiger partial charge in [-0.1, -0.05) is 18.2 Å². The highest BCUT2D eigenvalue weighted by molar-refractivity contribution is 5.94. The summed E-state index contributed by atoms with van der Waals surface area (Å²) in [7, 11) is 1.61. The van der Waals surface area contributed by atoms with Gasteiger partial charge in [0, 0.05) is 49.9 Å². The number of benzene rings is 2. The smallest absolute Gasteiger partial charge is 0.274 e. The maximum absolute atomic E-state index is 12.9. The number of aromatic nitrogens is 2. The van der Waals surface area contributed by atoms with Gasteiger partial charge in [-0.15, -0.1) is 0 Å². The molecule has 7 heteroatoms. The van der Waals surface area contributed by atoms with E-state index in [1.165, 1.54) is 4.68 Å². The third kappa shape index (κ3) is 3.83. The van der Waals surface area contributed by atoms with E-state index in [1.807, 2.05) is 47.4 Å². The summed E-state index contributed by atoms with van der Waals surface area (Å²) < 4.78 is 1.30. The fourth-order valence-electron chi connectivity index (χ4n) is 3.88. The summed E-state index contributed by atoms with van der Waals surface area (Å²) in [6, 6.07) is 14.9. The quantitative estimate of drug-likeness (QED) is 0.622. The molecule has 1 aromatic heterocycles. The summed E-state index contributed by atoms with van der Waals surface area (Å²) in [4.78, 5) is 40.7. The van der Waals surface area contributed by atoms with Crippen molar-refractivity contribution in [2.45, 2.75) is 13.3 Å². The van der Waals surface area contributed by atoms with Gasteiger partial charge in [0.05, 0.1) is 17.5 Å². The van der Waals surface area contributed by atoms with Gasteiger partial charge < -0.3 is 9.80 Å². The van der Waals surface area contributed by atoms with Crippen molar-refractivity contribution in [3.05, 3.63) is 70.1 Å². The second kappa shape index (κ2) is 8.10. The molecular weight excluding hydrogens is 380 g/mol. The number of hydrogen-bond donors (Lipinski definition) is 0. The van der Waals surface area contributed by atoms with Crippen molar-refractivity contribution in [3.8, 4) is 0 Å². The van der Waals surface area contributed by atoms with Crippen molar-refractivity contribution < 1.29 is 9.59 Å². The molecule has 0 bridgehead atoms. The van der Waals surface area contributed by atoms with Crippen LogP contribution in [0.4, 0.5) is 5.69 Å². The average molecular weight is 404 g/mol. The minimum absolute atomic E-state index is 0.0119. The topological polar surface area (TPSA) is 75.5 Å². The zero-order chi connectivity index (χ0) is 21.3. The number of piperazine rings is 1. The van der Waals surface area contributed by atoms with E-state index in [2.05, 4.69) is 10.00 Å². The monoisotopic (exact) mass is 404 g/mol. The predicted octanol–water partition coefficient (Wildman–Crippen LogP) is 2.03. The second-order valence-electron chi connectivity index (χ2n) is 7.57. The predicted molar refractivity (Wildman–Crippen MR) is 116 cm³/mol. The Bertz CT molecular complexity index is 1160. The Morgan fingerprint density at radius 3 is 2.20 bits per heavy atom. The lowest BCUT2D eigenvalue weighted by molar-refractivity contribution is -0.130. The highest BCUT2D eigenvalue weighted by Crippen LogP contribution is 2.19. The molecule has 4 rings (SSSR count). The Morgan fingerprint density at radius 2 is 1.57 bits per heavy atom. The largest absolute Gasteiger partial charge is 0.368 e. The fourth-order valence-corrected chi connectivity index (χ4v) is 3.88. The van der Waals surface area contributed by atoms with Gasteiger partial charge >= 0.3 is 0 Å². The third-order valence-corrected chi connectivity index (χ3v) is 5.62. The highest BCUT2D eigenvalue weighted by Gasteiger charge is 2.23. The van der Waals surface area contributed by atoms with Crippen molar-refractivity contribution in [3.63, 3.8) is 0 Å². The van der Waals surface area contributed by atoms with Gasteiger partial charge in [-0.25, -0.2) is 4.68 Å². The van der Waals surface area contributed by atoms with E-state index in [4.69, 9.17) is 0 Å². The van der Waals surface area contributed by atoms with Gasteiger partial charge in [0.1, 0.15) is 0 Å². The molecule has 3 aromatic rings. The van der Waals surface area contributed by atoms with Gasteiger partial charge in [-0.2, -0.15) is 5.10 Å². The Hall–Kier alpha value is -3.48. The first kappa shape index (κ1) is 19.8. The zero-order valence-corrected chi connectivity index (χ0v) is 17.2. The molecule has 0 N–H and O–H groups in total. The van der Waals surface area contributed by atoms with Crippen molar-refractivity contribution >= 4 is 28.2 Å². The van der Waals surface area contributed by atoms with Crippen LogP contribution < -0.4 is 10.5 Å². The molecule has 1 aliphatic heterocycles. The maximum Gasteiger partial charge on any atom is 0.274 e. The van der Waals surface area contributed by atoms with E-state index in [9.17, 15) is 14.4 Å². The van der Waals surface area contributed by atoms with E-state index in [-0.39, 0.29) is 23.7 Å². The van der Waals surface area contributed by atoms with Gasteiger partial charge in [0.15, 0.2) is 5.78 Å². The van der Waals surface area contributed by atoms with E-state index >= 15 is 0 Å². The first-order valence-electron chi connectivity index (χ1n) is 10.0. The molecule has 154 valence electrons. The number of fused-ring (bicyclic) bond motifs is 1. The number of hydrogen-bond acceptors (Lipinski definition) is 5. The normalized spacial score (nSPS) is 14.2. The molecule has 1 amide bonds. The van der Waals surface area contributed by atoms with Crippen molar-refractivity contribution in [2.75, 3.05) is 31.1 Å². The molecular formula is C23H24N4O3. The van der Waals surface area contributed by atoms with Crippen LogP contribution in [0.1, 0.15) is 23.0 Å². The van der Waals surface area contributed by atoms with E-state index < -0.39 is 0 Å². The van der Waals surface area contributed by atoms with Crippen molar-refractivity contribution in [2.24, 2.45) is 7.05 Å². The Morgan fingerprint density at radius 1 is 0.933 bits per heavy atom. The van der Waals surface area contributed by atoms with Gasteiger partial charge in [0.2, 0.25) is 5.91 Å². The van der Waals surface area contributed by atoms with Crippen LogP contribution in [0.2, 0.25) is 0 Å². The van der Waals surface area contributed by atoms with Gasteiger partial charge in [-0.3, -0.25) is 14.4 Å². The Balaban J connectivity index is 1.44. The molecule has 1 fully saturated rings. The molecule has 0 saturated carbocycles. The number of aryl methyl sites for hydroxylation is 1. The minimum Gasteiger partial charge on any atom is -0.368 e. The molecule has 0 radical (unpaired) electrons. The first-order chi connectivity index (χ1) is 14.4. The summed E-state index contributed by atoms with van der Waals surface area (Å²) in [6.07, 6.45) is 0.169. The van der Waals surface area contributed by atoms with Crippen LogP contribution in [0.15, 0.2) is 53.3 Å². The molecule has 2 aromatic carbocycles. The van der Waals surface area contributed by atoms with E-state index in [1.54, 1.807) is 20.0 Å². The molecule has 30 heavy (non-hydrogen) atoms. The Kier molecular flexibility index (Phi) is 5.35. The summed E-state index contributed by atoms with van der Waals surface area (Å²) in [5, 5.41) is 5.65. The minimum atomic E-state index is -0.161. The number of carbonyl (C=O) groups excluding carboxylic acids is 2. The molecule has 1 aliphatic rings. The molecule has 1 saturated heterocycles. The number of nitrogens with zero attached hydrogens (tertiary/aromatic N) is 4. The molecule has 0 spiro atoms. The Labute approximate surface area is 174 Å². The number of carbonyl (C=O) groups is 2. The summed E-state index contributed by atoms with van der Waals surface area (Å²) in [6.45, 7) is 4.26. The molecule has 0 unspecified atom stereocenters.